The highest BCUT2D eigenvalue weighted by molar-refractivity contribution is 7.13. The Kier molecular flexibility index (Phi) is 4.65. The second-order valence-corrected chi connectivity index (χ2v) is 5.12. The maximum atomic E-state index is 12.2. The van der Waals surface area contributed by atoms with Gasteiger partial charge < -0.3 is 5.32 Å². The van der Waals surface area contributed by atoms with E-state index in [9.17, 15) is 4.79 Å². The molecule has 0 aliphatic heterocycles. The van der Waals surface area contributed by atoms with Gasteiger partial charge in [-0.25, -0.2) is 4.98 Å². The summed E-state index contributed by atoms with van der Waals surface area (Å²) in [5, 5.41) is 8.50. The largest absolute Gasteiger partial charge is 0.319 e. The first-order valence-corrected chi connectivity index (χ1v) is 7.04. The van der Waals surface area contributed by atoms with Crippen molar-refractivity contribution >= 4 is 22.4 Å². The van der Waals surface area contributed by atoms with Crippen LogP contribution in [0, 0.1) is 6.92 Å². The first-order chi connectivity index (χ1) is 9.20. The lowest BCUT2D eigenvalue weighted by molar-refractivity contribution is 0.102. The van der Waals surface area contributed by atoms with Crippen LogP contribution >= 0.6 is 11.3 Å². The highest BCUT2D eigenvalue weighted by Crippen LogP contribution is 2.17. The number of benzene rings is 1. The third-order valence-corrected chi connectivity index (χ3v) is 3.62. The molecule has 1 aromatic carbocycles. The number of likely N-dealkylation sites (N-methyl/N-ethyl adjacent to an activating group) is 1. The van der Waals surface area contributed by atoms with Gasteiger partial charge in [0.1, 0.15) is 0 Å². The van der Waals surface area contributed by atoms with Crippen LogP contribution in [0.1, 0.15) is 21.6 Å². The number of amides is 1. The average molecular weight is 275 g/mol. The van der Waals surface area contributed by atoms with Crippen molar-refractivity contribution in [2.24, 2.45) is 0 Å². The normalized spacial score (nSPS) is 10.4. The molecule has 0 bridgehead atoms. The Hall–Kier alpha value is -1.72. The van der Waals surface area contributed by atoms with Crippen LogP contribution in [0.15, 0.2) is 29.6 Å². The van der Waals surface area contributed by atoms with E-state index in [1.165, 1.54) is 11.3 Å². The maximum absolute atomic E-state index is 12.2. The molecule has 100 valence electrons. The molecule has 0 saturated carbocycles. The molecule has 0 aliphatic rings. The van der Waals surface area contributed by atoms with Gasteiger partial charge in [0, 0.05) is 10.9 Å². The van der Waals surface area contributed by atoms with Crippen LogP contribution in [0.5, 0.6) is 0 Å². The van der Waals surface area contributed by atoms with E-state index in [4.69, 9.17) is 0 Å². The van der Waals surface area contributed by atoms with Crippen molar-refractivity contribution in [3.63, 3.8) is 0 Å². The topological polar surface area (TPSA) is 54.0 Å². The molecular weight excluding hydrogens is 258 g/mol. The molecule has 1 heterocycles. The Morgan fingerprint density at radius 2 is 2.16 bits per heavy atom. The van der Waals surface area contributed by atoms with E-state index >= 15 is 0 Å². The molecule has 2 rings (SSSR count). The van der Waals surface area contributed by atoms with E-state index in [2.05, 4.69) is 15.6 Å². The lowest BCUT2D eigenvalue weighted by atomic mass is 10.0. The van der Waals surface area contributed by atoms with E-state index in [0.717, 1.165) is 24.2 Å². The summed E-state index contributed by atoms with van der Waals surface area (Å²) in [5.74, 6) is -0.0962. The molecule has 0 aliphatic carbocycles. The lowest BCUT2D eigenvalue weighted by Gasteiger charge is -2.08. The predicted octanol–water partition coefficient (Wildman–Crippen LogP) is 2.47. The standard InChI is InChI=1S/C14H17N3OS/c1-10-9-19-14(16-10)17-13(18)12-6-4-3-5-11(12)7-8-15-2/h3-6,9,15H,7-8H2,1-2H3,(H,16,17,18). The summed E-state index contributed by atoms with van der Waals surface area (Å²) in [6.07, 6.45) is 0.830. The van der Waals surface area contributed by atoms with Crippen molar-refractivity contribution in [3.05, 3.63) is 46.5 Å². The molecule has 0 fully saturated rings. The number of aromatic nitrogens is 1. The molecule has 2 aromatic rings. The lowest BCUT2D eigenvalue weighted by Crippen LogP contribution is -2.17. The zero-order valence-corrected chi connectivity index (χ0v) is 11.9. The first-order valence-electron chi connectivity index (χ1n) is 6.16. The Labute approximate surface area is 116 Å². The summed E-state index contributed by atoms with van der Waals surface area (Å²) in [4.78, 5) is 16.5. The van der Waals surface area contributed by atoms with Gasteiger partial charge in [0.15, 0.2) is 5.13 Å². The summed E-state index contributed by atoms with van der Waals surface area (Å²) in [6.45, 7) is 2.76. The molecule has 5 heteroatoms. The van der Waals surface area contributed by atoms with Gasteiger partial charge in [-0.05, 0) is 38.6 Å². The van der Waals surface area contributed by atoms with Gasteiger partial charge in [-0.15, -0.1) is 11.3 Å². The van der Waals surface area contributed by atoms with E-state index in [-0.39, 0.29) is 5.91 Å². The summed E-state index contributed by atoms with van der Waals surface area (Å²) in [7, 11) is 1.90. The SMILES string of the molecule is CNCCc1ccccc1C(=O)Nc1nc(C)cs1. The number of nitrogens with one attached hydrogen (secondary N) is 2. The van der Waals surface area contributed by atoms with Crippen LogP contribution in [0.4, 0.5) is 5.13 Å². The van der Waals surface area contributed by atoms with E-state index in [1.54, 1.807) is 0 Å². The molecule has 0 atom stereocenters. The summed E-state index contributed by atoms with van der Waals surface area (Å²) in [6, 6.07) is 7.67. The number of hydrogen-bond donors (Lipinski definition) is 2. The third-order valence-electron chi connectivity index (χ3n) is 2.75. The molecule has 0 spiro atoms. The van der Waals surface area contributed by atoms with Crippen LogP contribution in [0.3, 0.4) is 0 Å². The second-order valence-electron chi connectivity index (χ2n) is 4.26. The molecule has 0 saturated heterocycles. The smallest absolute Gasteiger partial charge is 0.257 e. The third kappa shape index (κ3) is 3.62. The fourth-order valence-corrected chi connectivity index (χ4v) is 2.48. The Balaban J connectivity index is 2.14. The number of thiazole rings is 1. The molecule has 19 heavy (non-hydrogen) atoms. The molecular formula is C14H17N3OS. The van der Waals surface area contributed by atoms with Gasteiger partial charge in [-0.2, -0.15) is 0 Å². The Morgan fingerprint density at radius 1 is 1.37 bits per heavy atom. The molecule has 0 radical (unpaired) electrons. The van der Waals surface area contributed by atoms with Gasteiger partial charge in [0.05, 0.1) is 5.69 Å². The minimum Gasteiger partial charge on any atom is -0.319 e. The highest BCUT2D eigenvalue weighted by Gasteiger charge is 2.12. The number of nitrogens with zero attached hydrogens (tertiary/aromatic N) is 1. The summed E-state index contributed by atoms with van der Waals surface area (Å²) >= 11 is 1.44. The van der Waals surface area contributed by atoms with Gasteiger partial charge in [0.2, 0.25) is 0 Å². The molecule has 0 unspecified atom stereocenters. The van der Waals surface area contributed by atoms with Crippen molar-refractivity contribution in [1.29, 1.82) is 0 Å². The van der Waals surface area contributed by atoms with E-state index in [1.807, 2.05) is 43.6 Å². The van der Waals surface area contributed by atoms with Crippen LogP contribution in [-0.4, -0.2) is 24.5 Å². The van der Waals surface area contributed by atoms with Crippen molar-refractivity contribution in [2.45, 2.75) is 13.3 Å². The number of rotatable bonds is 5. The second kappa shape index (κ2) is 6.45. The zero-order valence-electron chi connectivity index (χ0n) is 11.1. The first kappa shape index (κ1) is 13.7. The molecule has 1 aromatic heterocycles. The van der Waals surface area contributed by atoms with E-state index < -0.39 is 0 Å². The van der Waals surface area contributed by atoms with Crippen molar-refractivity contribution in [3.8, 4) is 0 Å². The number of aryl methyl sites for hydroxylation is 1. The maximum Gasteiger partial charge on any atom is 0.257 e. The fraction of sp³-hybridized carbons (Fsp3) is 0.286. The van der Waals surface area contributed by atoms with Crippen LogP contribution < -0.4 is 10.6 Å². The fourth-order valence-electron chi connectivity index (χ4n) is 1.80. The minimum atomic E-state index is -0.0962. The van der Waals surface area contributed by atoms with Gasteiger partial charge in [-0.1, -0.05) is 18.2 Å². The van der Waals surface area contributed by atoms with Crippen molar-refractivity contribution < 1.29 is 4.79 Å². The molecule has 2 N–H and O–H groups in total. The number of hydrogen-bond acceptors (Lipinski definition) is 4. The van der Waals surface area contributed by atoms with Crippen LogP contribution in [0.25, 0.3) is 0 Å². The number of carbonyl (C=O) groups excluding carboxylic acids is 1. The molecule has 1 amide bonds. The summed E-state index contributed by atoms with van der Waals surface area (Å²) in [5.41, 5.74) is 2.68. The quantitative estimate of drug-likeness (QED) is 0.881. The van der Waals surface area contributed by atoms with Gasteiger partial charge >= 0.3 is 0 Å². The van der Waals surface area contributed by atoms with Crippen molar-refractivity contribution in [2.75, 3.05) is 18.9 Å². The minimum absolute atomic E-state index is 0.0962. The van der Waals surface area contributed by atoms with Crippen molar-refractivity contribution in [1.82, 2.24) is 10.3 Å². The monoisotopic (exact) mass is 275 g/mol. The zero-order chi connectivity index (χ0) is 13.7. The predicted molar refractivity (Wildman–Crippen MR) is 78.9 cm³/mol. The highest BCUT2D eigenvalue weighted by atomic mass is 32.1. The Morgan fingerprint density at radius 3 is 2.84 bits per heavy atom. The average Bonchev–Trinajstić information content (AvgIpc) is 2.82. The van der Waals surface area contributed by atoms with Gasteiger partial charge in [0.25, 0.3) is 5.91 Å². The summed E-state index contributed by atoms with van der Waals surface area (Å²) < 4.78 is 0. The van der Waals surface area contributed by atoms with Crippen LogP contribution in [0.2, 0.25) is 0 Å². The van der Waals surface area contributed by atoms with Gasteiger partial charge in [-0.3, -0.25) is 10.1 Å². The van der Waals surface area contributed by atoms with E-state index in [0.29, 0.717) is 10.7 Å². The Bertz CT molecular complexity index is 565. The molecule has 4 nitrogen and oxygen atoms in total. The van der Waals surface area contributed by atoms with Crippen LogP contribution in [-0.2, 0) is 6.42 Å². The number of anilines is 1. The number of carbonyl (C=O) groups is 1.